The van der Waals surface area contributed by atoms with Crippen molar-refractivity contribution in [1.29, 1.82) is 0 Å². The number of benzene rings is 1. The first kappa shape index (κ1) is 31.6. The largest absolute Gasteiger partial charge is 0.502 e. The van der Waals surface area contributed by atoms with Gasteiger partial charge in [-0.3, -0.25) is 28.6 Å². The molecule has 1 unspecified atom stereocenters. The van der Waals surface area contributed by atoms with Crippen molar-refractivity contribution in [2.75, 3.05) is 32.3 Å². The molecule has 220 valence electrons. The van der Waals surface area contributed by atoms with Crippen LogP contribution in [0.1, 0.15) is 59.5 Å². The van der Waals surface area contributed by atoms with Crippen molar-refractivity contribution in [2.24, 2.45) is 0 Å². The van der Waals surface area contributed by atoms with Crippen LogP contribution in [-0.4, -0.2) is 65.1 Å². The molecule has 2 amide bonds. The van der Waals surface area contributed by atoms with E-state index in [0.29, 0.717) is 18.9 Å². The van der Waals surface area contributed by atoms with Crippen molar-refractivity contribution in [3.8, 4) is 5.75 Å². The zero-order valence-electron chi connectivity index (χ0n) is 22.6. The highest BCUT2D eigenvalue weighted by Gasteiger charge is 2.56. The number of pyridine rings is 1. The van der Waals surface area contributed by atoms with Gasteiger partial charge in [0.1, 0.15) is 22.9 Å². The minimum atomic E-state index is -3.50. The first-order valence-corrected chi connectivity index (χ1v) is 14.1. The number of nitrogens with one attached hydrogen (secondary N) is 1. The van der Waals surface area contributed by atoms with Crippen molar-refractivity contribution in [1.82, 2.24) is 14.9 Å². The van der Waals surface area contributed by atoms with Crippen LogP contribution >= 0.6 is 21.1 Å². The second-order valence-corrected chi connectivity index (χ2v) is 11.8. The smallest absolute Gasteiger partial charge is 0.333 e. The molecule has 0 bridgehead atoms. The van der Waals surface area contributed by atoms with E-state index in [2.05, 4.69) is 5.32 Å². The fourth-order valence-electron chi connectivity index (χ4n) is 5.34. The average molecular weight is 603 g/mol. The summed E-state index contributed by atoms with van der Waals surface area (Å²) in [5.41, 5.74) is -3.45. The molecule has 0 radical (unpaired) electrons. The van der Waals surface area contributed by atoms with Crippen LogP contribution in [-0.2, 0) is 20.2 Å². The van der Waals surface area contributed by atoms with Gasteiger partial charge in [0.2, 0.25) is 5.43 Å². The van der Waals surface area contributed by atoms with E-state index in [0.717, 1.165) is 18.3 Å². The number of fused-ring (bicyclic) bond motifs is 1. The van der Waals surface area contributed by atoms with E-state index in [1.807, 2.05) is 0 Å². The summed E-state index contributed by atoms with van der Waals surface area (Å²) in [6.07, 6.45) is 2.13. The van der Waals surface area contributed by atoms with Gasteiger partial charge in [-0.2, -0.15) is 13.5 Å². The highest BCUT2D eigenvalue weighted by atomic mass is 32.1. The minimum Gasteiger partial charge on any atom is -0.502 e. The van der Waals surface area contributed by atoms with Crippen molar-refractivity contribution < 1.29 is 37.1 Å². The highest BCUT2D eigenvalue weighted by molar-refractivity contribution is 7.59. The number of carbonyl (C=O) groups is 2. The molecular weight excluding hydrogens is 569 g/mol. The van der Waals surface area contributed by atoms with Crippen LogP contribution in [0.15, 0.2) is 29.2 Å². The Labute approximate surface area is 237 Å². The van der Waals surface area contributed by atoms with Gasteiger partial charge in [0, 0.05) is 44.9 Å². The van der Waals surface area contributed by atoms with E-state index < -0.39 is 59.1 Å². The molecule has 1 aromatic heterocycles. The fraction of sp³-hybridized carbons (Fsp3) is 0.480. The second kappa shape index (κ2) is 11.9. The molecule has 1 spiro atoms. The van der Waals surface area contributed by atoms with E-state index in [-0.39, 0.29) is 50.9 Å². The monoisotopic (exact) mass is 602 g/mol. The summed E-state index contributed by atoms with van der Waals surface area (Å²) >= 11 is 0. The SMILES string of the molecule is CCOP(=O)(OCC)[C@H]1CCC2(C1)N(C)C(=O)c1c(O)c(=O)c(C(=O)NCc3ccc(F)cc3F)cn1N2C.S. The van der Waals surface area contributed by atoms with Crippen LogP contribution in [0.2, 0.25) is 0 Å². The zero-order chi connectivity index (χ0) is 28.7. The summed E-state index contributed by atoms with van der Waals surface area (Å²) in [6, 6.07) is 2.86. The number of halogens is 2. The number of aromatic nitrogens is 1. The molecule has 2 aliphatic rings. The van der Waals surface area contributed by atoms with Crippen LogP contribution in [0.3, 0.4) is 0 Å². The molecule has 1 aliphatic heterocycles. The van der Waals surface area contributed by atoms with E-state index in [1.54, 1.807) is 25.9 Å². The lowest BCUT2D eigenvalue weighted by Gasteiger charge is -2.51. The Morgan fingerprint density at radius 2 is 1.85 bits per heavy atom. The van der Waals surface area contributed by atoms with Crippen molar-refractivity contribution in [2.45, 2.75) is 51.0 Å². The van der Waals surface area contributed by atoms with E-state index in [1.165, 1.54) is 16.6 Å². The third kappa shape index (κ3) is 5.25. The molecule has 1 saturated carbocycles. The van der Waals surface area contributed by atoms with Crippen molar-refractivity contribution in [3.05, 3.63) is 63.1 Å². The zero-order valence-corrected chi connectivity index (χ0v) is 24.5. The van der Waals surface area contributed by atoms with Gasteiger partial charge in [-0.15, -0.1) is 0 Å². The maximum absolute atomic E-state index is 14.0. The van der Waals surface area contributed by atoms with Crippen LogP contribution < -0.4 is 15.8 Å². The third-order valence-corrected chi connectivity index (χ3v) is 10.00. The first-order chi connectivity index (χ1) is 18.4. The number of carbonyl (C=O) groups excluding carboxylic acids is 2. The predicted molar refractivity (Wildman–Crippen MR) is 148 cm³/mol. The van der Waals surface area contributed by atoms with Gasteiger partial charge in [-0.25, -0.2) is 8.78 Å². The number of aromatic hydroxyl groups is 1. The highest BCUT2D eigenvalue weighted by Crippen LogP contribution is 2.61. The molecule has 11 nitrogen and oxygen atoms in total. The second-order valence-electron chi connectivity index (χ2n) is 9.47. The van der Waals surface area contributed by atoms with Gasteiger partial charge in [-0.1, -0.05) is 6.07 Å². The molecule has 40 heavy (non-hydrogen) atoms. The molecule has 0 saturated heterocycles. The standard InChI is InChI=1S/C25H31F2N4O7P.H2S/c1-5-37-39(36,38-6-2)17-9-10-25(12-17)29(3)24(35)20-22(33)21(32)18(14-31(20)30(25)4)23(34)28-13-15-7-8-16(26)11-19(15)27;/h7-8,11,14,17,33H,5-6,9-10,12-13H2,1-4H3,(H,28,34);1H2/t17-,25?;/m0./s1. The maximum Gasteiger partial charge on any atom is 0.333 e. The number of hydrogen-bond acceptors (Lipinski definition) is 8. The third-order valence-electron chi connectivity index (χ3n) is 7.43. The molecule has 2 aromatic rings. The number of nitrogens with zero attached hydrogens (tertiary/aromatic N) is 3. The molecule has 4 rings (SSSR count). The van der Waals surface area contributed by atoms with Crippen molar-refractivity contribution in [3.63, 3.8) is 0 Å². The predicted octanol–water partition coefficient (Wildman–Crippen LogP) is 3.04. The van der Waals surface area contributed by atoms with Crippen LogP contribution in [0.4, 0.5) is 8.78 Å². The molecule has 1 aromatic carbocycles. The number of amides is 2. The van der Waals surface area contributed by atoms with Gasteiger partial charge < -0.3 is 24.4 Å². The molecule has 1 fully saturated rings. The fourth-order valence-corrected chi connectivity index (χ4v) is 7.52. The van der Waals surface area contributed by atoms with Gasteiger partial charge in [0.25, 0.3) is 11.8 Å². The summed E-state index contributed by atoms with van der Waals surface area (Å²) < 4.78 is 53.0. The Morgan fingerprint density at radius 3 is 2.45 bits per heavy atom. The van der Waals surface area contributed by atoms with Gasteiger partial charge in [0.05, 0.1) is 18.9 Å². The Kier molecular flexibility index (Phi) is 9.40. The molecule has 15 heteroatoms. The average Bonchev–Trinajstić information content (AvgIpc) is 3.35. The number of hydrogen-bond donors (Lipinski definition) is 2. The van der Waals surface area contributed by atoms with Gasteiger partial charge in [-0.05, 0) is 32.8 Å². The summed E-state index contributed by atoms with van der Waals surface area (Å²) in [5.74, 6) is -4.16. The van der Waals surface area contributed by atoms with Gasteiger partial charge >= 0.3 is 7.60 Å². The topological polar surface area (TPSA) is 130 Å². The minimum absolute atomic E-state index is 0. The molecule has 2 atom stereocenters. The Bertz CT molecular complexity index is 1410. The molecule has 2 heterocycles. The number of rotatable bonds is 8. The maximum atomic E-state index is 14.0. The van der Waals surface area contributed by atoms with Crippen LogP contribution in [0.5, 0.6) is 5.75 Å². The van der Waals surface area contributed by atoms with Gasteiger partial charge in [0.15, 0.2) is 11.4 Å². The summed E-state index contributed by atoms with van der Waals surface area (Å²) in [5, 5.41) is 14.7. The molecule has 1 aliphatic carbocycles. The lowest BCUT2D eigenvalue weighted by Crippen LogP contribution is -2.67. The lowest BCUT2D eigenvalue weighted by atomic mass is 10.0. The summed E-state index contributed by atoms with van der Waals surface area (Å²) in [4.78, 5) is 40.7. The normalized spacial score (nSPS) is 20.4. The van der Waals surface area contributed by atoms with E-state index >= 15 is 0 Å². The molecular formula is C25H33F2N4O7PS. The Morgan fingerprint density at radius 1 is 1.20 bits per heavy atom. The summed E-state index contributed by atoms with van der Waals surface area (Å²) in [7, 11) is -0.344. The quantitative estimate of drug-likeness (QED) is 0.441. The molecule has 2 N–H and O–H groups in total. The summed E-state index contributed by atoms with van der Waals surface area (Å²) in [6.45, 7) is 3.45. The van der Waals surface area contributed by atoms with Crippen LogP contribution in [0.25, 0.3) is 0 Å². The Hall–Kier alpha value is -2.93. The van der Waals surface area contributed by atoms with Crippen molar-refractivity contribution >= 4 is 32.9 Å². The Balaban J connectivity index is 0.00000441. The first-order valence-electron chi connectivity index (χ1n) is 12.5. The van der Waals surface area contributed by atoms with E-state index in [4.69, 9.17) is 9.05 Å². The van der Waals surface area contributed by atoms with E-state index in [9.17, 15) is 32.8 Å². The van der Waals surface area contributed by atoms with Crippen LogP contribution in [0, 0.1) is 11.6 Å². The lowest BCUT2D eigenvalue weighted by molar-refractivity contribution is 0.0401.